The second-order valence-corrected chi connectivity index (χ2v) is 9.49. The van der Waals surface area contributed by atoms with Gasteiger partial charge in [0, 0.05) is 50.5 Å². The highest BCUT2D eigenvalue weighted by atomic mass is 32.2. The summed E-state index contributed by atoms with van der Waals surface area (Å²) >= 11 is 0. The molecule has 1 aromatic heterocycles. The summed E-state index contributed by atoms with van der Waals surface area (Å²) in [6, 6.07) is 10.6. The molecule has 1 atom stereocenters. The van der Waals surface area contributed by atoms with Crippen molar-refractivity contribution >= 4 is 20.7 Å². The fraction of sp³-hybridized carbons (Fsp3) is 0.556. The molecule has 0 amide bonds. The zero-order valence-corrected chi connectivity index (χ0v) is 14.8. The third-order valence-corrected chi connectivity index (χ3v) is 7.63. The summed E-state index contributed by atoms with van der Waals surface area (Å²) in [6.45, 7) is 5.59. The van der Waals surface area contributed by atoms with Crippen LogP contribution in [0.3, 0.4) is 0 Å². The number of para-hydroxylation sites is 1. The summed E-state index contributed by atoms with van der Waals surface area (Å²) in [4.78, 5) is 8.27. The predicted molar refractivity (Wildman–Crippen MR) is 96.8 cm³/mol. The predicted octanol–water partition coefficient (Wildman–Crippen LogP) is 1.86. The van der Waals surface area contributed by atoms with Crippen molar-refractivity contribution < 1.29 is 8.42 Å². The van der Waals surface area contributed by atoms with Crippen molar-refractivity contribution in [3.8, 4) is 0 Å². The van der Waals surface area contributed by atoms with Crippen molar-refractivity contribution in [1.29, 1.82) is 0 Å². The van der Waals surface area contributed by atoms with Crippen LogP contribution in [-0.2, 0) is 16.4 Å². The Bertz CT molecular complexity index is 774. The molecule has 1 aromatic carbocycles. The van der Waals surface area contributed by atoms with Crippen LogP contribution in [0.1, 0.15) is 18.5 Å². The van der Waals surface area contributed by atoms with E-state index in [9.17, 15) is 8.42 Å². The second kappa shape index (κ2) is 6.50. The Kier molecular flexibility index (Phi) is 4.37. The van der Waals surface area contributed by atoms with Crippen LogP contribution in [0.2, 0.25) is 0 Å². The van der Waals surface area contributed by atoms with Crippen molar-refractivity contribution in [2.24, 2.45) is 0 Å². The van der Waals surface area contributed by atoms with Gasteiger partial charge in [0.2, 0.25) is 0 Å². The molecule has 1 unspecified atom stereocenters. The normalized spacial score (nSPS) is 25.4. The highest BCUT2D eigenvalue weighted by Crippen LogP contribution is 2.22. The van der Waals surface area contributed by atoms with E-state index in [0.29, 0.717) is 5.75 Å². The molecule has 1 N–H and O–H groups in total. The summed E-state index contributed by atoms with van der Waals surface area (Å²) in [5.74, 6) is 0.387. The molecule has 4 rings (SSSR count). The lowest BCUT2D eigenvalue weighted by Crippen LogP contribution is -2.48. The Morgan fingerprint density at radius 2 is 1.83 bits per heavy atom. The van der Waals surface area contributed by atoms with Crippen molar-refractivity contribution in [3.05, 3.63) is 36.0 Å². The van der Waals surface area contributed by atoms with Crippen molar-refractivity contribution in [1.82, 2.24) is 14.8 Å². The van der Waals surface area contributed by atoms with Crippen LogP contribution in [-0.4, -0.2) is 66.9 Å². The Balaban J connectivity index is 1.31. The van der Waals surface area contributed by atoms with Gasteiger partial charge >= 0.3 is 0 Å². The monoisotopic (exact) mass is 347 g/mol. The Morgan fingerprint density at radius 3 is 2.54 bits per heavy atom. The van der Waals surface area contributed by atoms with Crippen LogP contribution in [0.15, 0.2) is 30.3 Å². The van der Waals surface area contributed by atoms with E-state index in [4.69, 9.17) is 0 Å². The number of hydrogen-bond donors (Lipinski definition) is 1. The van der Waals surface area contributed by atoms with Crippen LogP contribution in [0.5, 0.6) is 0 Å². The maximum absolute atomic E-state index is 12.0. The van der Waals surface area contributed by atoms with Crippen LogP contribution in [0.4, 0.5) is 0 Å². The number of rotatable bonds is 4. The number of piperazine rings is 1. The van der Waals surface area contributed by atoms with E-state index in [2.05, 4.69) is 45.1 Å². The smallest absolute Gasteiger partial charge is 0.154 e. The first-order chi connectivity index (χ1) is 11.6. The molecule has 3 heterocycles. The molecule has 5 nitrogen and oxygen atoms in total. The molecule has 0 spiro atoms. The molecule has 0 radical (unpaired) electrons. The minimum atomic E-state index is -2.82. The van der Waals surface area contributed by atoms with E-state index >= 15 is 0 Å². The minimum absolute atomic E-state index is 0.127. The first-order valence-electron chi connectivity index (χ1n) is 8.83. The molecular formula is C18H25N3O2S. The van der Waals surface area contributed by atoms with Crippen molar-refractivity contribution in [2.45, 2.75) is 24.6 Å². The first-order valence-corrected chi connectivity index (χ1v) is 10.5. The zero-order valence-electron chi connectivity index (χ0n) is 13.9. The molecule has 24 heavy (non-hydrogen) atoms. The number of nitrogens with one attached hydrogen (secondary N) is 1. The fourth-order valence-corrected chi connectivity index (χ4v) is 5.81. The molecule has 2 aromatic rings. The molecule has 0 aliphatic carbocycles. The molecule has 0 saturated carbocycles. The van der Waals surface area contributed by atoms with Crippen LogP contribution < -0.4 is 0 Å². The van der Waals surface area contributed by atoms with Gasteiger partial charge in [-0.1, -0.05) is 18.2 Å². The summed E-state index contributed by atoms with van der Waals surface area (Å²) < 4.78 is 24.0. The zero-order chi connectivity index (χ0) is 16.6. The summed E-state index contributed by atoms with van der Waals surface area (Å²) in [5.41, 5.74) is 2.44. The van der Waals surface area contributed by atoms with E-state index in [1.54, 1.807) is 0 Å². The number of hydrogen-bond acceptors (Lipinski definition) is 4. The van der Waals surface area contributed by atoms with Gasteiger partial charge in [0.05, 0.1) is 11.0 Å². The van der Waals surface area contributed by atoms with Gasteiger partial charge in [-0.2, -0.15) is 0 Å². The Hall–Kier alpha value is -1.37. The van der Waals surface area contributed by atoms with E-state index in [1.807, 2.05) is 0 Å². The lowest BCUT2D eigenvalue weighted by atomic mass is 10.2. The molecule has 0 bridgehead atoms. The highest BCUT2D eigenvalue weighted by Gasteiger charge is 2.33. The van der Waals surface area contributed by atoms with Gasteiger partial charge in [0.1, 0.15) is 0 Å². The van der Waals surface area contributed by atoms with E-state index in [1.165, 1.54) is 16.6 Å². The summed E-state index contributed by atoms with van der Waals surface area (Å²) in [7, 11) is -2.82. The number of H-pyrrole nitrogens is 1. The van der Waals surface area contributed by atoms with Gasteiger partial charge in [0.15, 0.2) is 9.84 Å². The topological polar surface area (TPSA) is 56.4 Å². The quantitative estimate of drug-likeness (QED) is 0.917. The number of fused-ring (bicyclic) bond motifs is 1. The van der Waals surface area contributed by atoms with Crippen molar-refractivity contribution in [3.63, 3.8) is 0 Å². The van der Waals surface area contributed by atoms with E-state index < -0.39 is 9.84 Å². The number of aromatic amines is 1. The molecule has 2 aliphatic heterocycles. The molecular weight excluding hydrogens is 322 g/mol. The number of nitrogens with zero attached hydrogens (tertiary/aromatic N) is 2. The van der Waals surface area contributed by atoms with E-state index in [-0.39, 0.29) is 5.25 Å². The van der Waals surface area contributed by atoms with Crippen LogP contribution >= 0.6 is 0 Å². The largest absolute Gasteiger partial charge is 0.357 e. The summed E-state index contributed by atoms with van der Waals surface area (Å²) in [5, 5.41) is 1.13. The third-order valence-electron chi connectivity index (χ3n) is 5.37. The lowest BCUT2D eigenvalue weighted by Gasteiger charge is -2.35. The first kappa shape index (κ1) is 16.1. The second-order valence-electron chi connectivity index (χ2n) is 7.09. The van der Waals surface area contributed by atoms with Gasteiger partial charge in [-0.3, -0.25) is 9.80 Å². The molecule has 2 fully saturated rings. The molecule has 2 aliphatic rings. The number of sulfone groups is 1. The maximum atomic E-state index is 12.0. The third kappa shape index (κ3) is 3.36. The average Bonchev–Trinajstić information content (AvgIpc) is 3.12. The van der Waals surface area contributed by atoms with Gasteiger partial charge in [0.25, 0.3) is 0 Å². The summed E-state index contributed by atoms with van der Waals surface area (Å²) in [6.07, 6.45) is 1.69. The van der Waals surface area contributed by atoms with E-state index in [0.717, 1.165) is 52.1 Å². The van der Waals surface area contributed by atoms with Gasteiger partial charge < -0.3 is 4.98 Å². The molecule has 130 valence electrons. The highest BCUT2D eigenvalue weighted by molar-refractivity contribution is 7.92. The lowest BCUT2D eigenvalue weighted by molar-refractivity contribution is 0.126. The van der Waals surface area contributed by atoms with Gasteiger partial charge in [-0.05, 0) is 30.4 Å². The standard InChI is InChI=1S/C18H25N3O2S/c22-24(23)11-3-5-17(24)14-21-9-7-20(8-10-21)13-16-12-15-4-1-2-6-18(15)19-16/h1-2,4,6,12,17,19H,3,5,7-11,13-14H2. The minimum Gasteiger partial charge on any atom is -0.357 e. The number of aromatic nitrogens is 1. The Morgan fingerprint density at radius 1 is 1.08 bits per heavy atom. The molecule has 6 heteroatoms. The fourth-order valence-electron chi connectivity index (χ4n) is 3.94. The SMILES string of the molecule is O=S1(=O)CCCC1CN1CCN(Cc2cc3ccccc3[nH]2)CC1. The average molecular weight is 347 g/mol. The van der Waals surface area contributed by atoms with Crippen LogP contribution in [0.25, 0.3) is 10.9 Å². The molecule has 2 saturated heterocycles. The Labute approximate surface area is 143 Å². The van der Waals surface area contributed by atoms with Crippen molar-refractivity contribution in [2.75, 3.05) is 38.5 Å². The maximum Gasteiger partial charge on any atom is 0.154 e. The number of benzene rings is 1. The van der Waals surface area contributed by atoms with Gasteiger partial charge in [-0.25, -0.2) is 8.42 Å². The van der Waals surface area contributed by atoms with Gasteiger partial charge in [-0.15, -0.1) is 0 Å². The van der Waals surface area contributed by atoms with Crippen LogP contribution in [0, 0.1) is 0 Å².